The molecule has 2 aliphatic rings. The highest BCUT2D eigenvalue weighted by Gasteiger charge is 2.30. The van der Waals surface area contributed by atoms with Gasteiger partial charge in [0.05, 0.1) is 18.9 Å². The zero-order chi connectivity index (χ0) is 15.5. The number of ether oxygens (including phenoxy) is 1. The van der Waals surface area contributed by atoms with Crippen LogP contribution in [0.4, 0.5) is 5.69 Å². The van der Waals surface area contributed by atoms with Crippen LogP contribution in [0, 0.1) is 5.92 Å². The molecule has 0 aliphatic carbocycles. The summed E-state index contributed by atoms with van der Waals surface area (Å²) < 4.78 is 5.43. The summed E-state index contributed by atoms with van der Waals surface area (Å²) >= 11 is 1.44. The van der Waals surface area contributed by atoms with Gasteiger partial charge in [0, 0.05) is 32.2 Å². The van der Waals surface area contributed by atoms with Crippen LogP contribution in [0.3, 0.4) is 0 Å². The van der Waals surface area contributed by atoms with E-state index < -0.39 is 0 Å². The molecule has 1 amide bonds. The van der Waals surface area contributed by atoms with Gasteiger partial charge in [0.15, 0.2) is 0 Å². The minimum absolute atomic E-state index is 0.102. The number of amides is 1. The van der Waals surface area contributed by atoms with E-state index in [2.05, 4.69) is 11.8 Å². The monoisotopic (exact) mass is 323 g/mol. The molecular weight excluding hydrogens is 298 g/mol. The Labute approximate surface area is 136 Å². The first-order chi connectivity index (χ1) is 10.7. The number of piperidine rings is 1. The molecule has 0 saturated carbocycles. The van der Waals surface area contributed by atoms with E-state index in [4.69, 9.17) is 10.5 Å². The fourth-order valence-electron chi connectivity index (χ4n) is 3.50. The van der Waals surface area contributed by atoms with Gasteiger partial charge in [-0.05, 0) is 37.1 Å². The van der Waals surface area contributed by atoms with Crippen LogP contribution in [-0.4, -0.2) is 61.1 Å². The van der Waals surface area contributed by atoms with Crippen molar-refractivity contribution >= 4 is 22.9 Å². The molecule has 0 spiro atoms. The van der Waals surface area contributed by atoms with E-state index in [0.717, 1.165) is 52.2 Å². The van der Waals surface area contributed by atoms with Gasteiger partial charge in [-0.15, -0.1) is 11.3 Å². The van der Waals surface area contributed by atoms with E-state index in [1.54, 1.807) is 0 Å². The highest BCUT2D eigenvalue weighted by molar-refractivity contribution is 7.12. The number of nitrogens with two attached hydrogens (primary N) is 1. The number of nitrogen functional groups attached to an aromatic ring is 1. The third kappa shape index (κ3) is 3.29. The number of hydrogen-bond donors (Lipinski definition) is 1. The van der Waals surface area contributed by atoms with E-state index in [9.17, 15) is 4.79 Å². The maximum absolute atomic E-state index is 12.5. The van der Waals surface area contributed by atoms with Gasteiger partial charge < -0.3 is 15.4 Å². The molecule has 2 N–H and O–H groups in total. The Kier molecular flexibility index (Phi) is 5.00. The molecule has 2 fully saturated rings. The summed E-state index contributed by atoms with van der Waals surface area (Å²) in [6.45, 7) is 7.77. The Balaban J connectivity index is 1.53. The average Bonchev–Trinajstić information content (AvgIpc) is 3.00. The Bertz CT molecular complexity index is 505. The lowest BCUT2D eigenvalue weighted by Gasteiger charge is -2.41. The van der Waals surface area contributed by atoms with Gasteiger partial charge in [0.25, 0.3) is 5.91 Å². The molecular formula is C16H25N3O2S. The van der Waals surface area contributed by atoms with Crippen molar-refractivity contribution in [2.45, 2.75) is 25.8 Å². The number of carbonyl (C=O) groups is 1. The molecule has 1 unspecified atom stereocenters. The van der Waals surface area contributed by atoms with E-state index >= 15 is 0 Å². The van der Waals surface area contributed by atoms with Gasteiger partial charge in [-0.25, -0.2) is 0 Å². The predicted molar refractivity (Wildman–Crippen MR) is 89.2 cm³/mol. The summed E-state index contributed by atoms with van der Waals surface area (Å²) in [6, 6.07) is 2.39. The van der Waals surface area contributed by atoms with Crippen LogP contribution in [-0.2, 0) is 4.74 Å². The molecule has 0 bridgehead atoms. The van der Waals surface area contributed by atoms with E-state index in [0.29, 0.717) is 22.5 Å². The maximum Gasteiger partial charge on any atom is 0.266 e. The number of carbonyl (C=O) groups excluding carboxylic acids is 1. The Morgan fingerprint density at radius 2 is 2.00 bits per heavy atom. The number of likely N-dealkylation sites (tertiary alicyclic amines) is 1. The third-order valence-electron chi connectivity index (χ3n) is 5.02. The molecule has 0 aromatic carbocycles. The summed E-state index contributed by atoms with van der Waals surface area (Å²) in [5, 5.41) is 1.88. The molecule has 1 aromatic heterocycles. The summed E-state index contributed by atoms with van der Waals surface area (Å²) in [4.78, 5) is 17.7. The molecule has 2 aliphatic heterocycles. The first kappa shape index (κ1) is 15.8. The normalized spacial score (nSPS) is 22.7. The number of hydrogen-bond acceptors (Lipinski definition) is 5. The second-order valence-electron chi connectivity index (χ2n) is 6.22. The first-order valence-electron chi connectivity index (χ1n) is 8.11. The number of nitrogens with zero attached hydrogens (tertiary/aromatic N) is 2. The van der Waals surface area contributed by atoms with Crippen molar-refractivity contribution in [3.8, 4) is 0 Å². The van der Waals surface area contributed by atoms with Gasteiger partial charge in [-0.2, -0.15) is 0 Å². The zero-order valence-electron chi connectivity index (χ0n) is 13.2. The highest BCUT2D eigenvalue weighted by Crippen LogP contribution is 2.27. The van der Waals surface area contributed by atoms with Gasteiger partial charge in [0.1, 0.15) is 4.88 Å². The SMILES string of the molecule is CC(C1CCN(C(=O)c2sccc2N)CC1)N1CCOCC1. The van der Waals surface area contributed by atoms with Crippen LogP contribution in [0.15, 0.2) is 11.4 Å². The number of rotatable bonds is 3. The van der Waals surface area contributed by atoms with Gasteiger partial charge in [-0.3, -0.25) is 9.69 Å². The molecule has 22 heavy (non-hydrogen) atoms. The number of morpholine rings is 1. The van der Waals surface area contributed by atoms with Crippen molar-refractivity contribution in [2.24, 2.45) is 5.92 Å². The average molecular weight is 323 g/mol. The summed E-state index contributed by atoms with van der Waals surface area (Å²) in [5.74, 6) is 0.771. The number of anilines is 1. The Morgan fingerprint density at radius 3 is 2.59 bits per heavy atom. The molecule has 5 nitrogen and oxygen atoms in total. The van der Waals surface area contributed by atoms with Crippen molar-refractivity contribution in [1.29, 1.82) is 0 Å². The van der Waals surface area contributed by atoms with E-state index in [1.807, 2.05) is 16.3 Å². The van der Waals surface area contributed by atoms with Crippen molar-refractivity contribution in [3.63, 3.8) is 0 Å². The third-order valence-corrected chi connectivity index (χ3v) is 5.94. The van der Waals surface area contributed by atoms with E-state index in [-0.39, 0.29) is 5.91 Å². The van der Waals surface area contributed by atoms with Crippen molar-refractivity contribution in [3.05, 3.63) is 16.3 Å². The standard InChI is InChI=1S/C16H25N3O2S/c1-12(18-7-9-21-10-8-18)13-2-5-19(6-3-13)16(20)15-14(17)4-11-22-15/h4,11-13H,2-3,5-10,17H2,1H3. The largest absolute Gasteiger partial charge is 0.397 e. The fraction of sp³-hybridized carbons (Fsp3) is 0.688. The van der Waals surface area contributed by atoms with Crippen molar-refractivity contribution in [1.82, 2.24) is 9.80 Å². The molecule has 1 aromatic rings. The lowest BCUT2D eigenvalue weighted by Crippen LogP contribution is -2.49. The van der Waals surface area contributed by atoms with Crippen molar-refractivity contribution in [2.75, 3.05) is 45.1 Å². The van der Waals surface area contributed by atoms with Crippen LogP contribution in [0.2, 0.25) is 0 Å². The number of thiophene rings is 1. The van der Waals surface area contributed by atoms with Gasteiger partial charge in [0.2, 0.25) is 0 Å². The molecule has 1 atom stereocenters. The van der Waals surface area contributed by atoms with Crippen LogP contribution >= 0.6 is 11.3 Å². The second kappa shape index (κ2) is 6.98. The zero-order valence-corrected chi connectivity index (χ0v) is 14.0. The molecule has 3 rings (SSSR count). The van der Waals surface area contributed by atoms with Gasteiger partial charge in [-0.1, -0.05) is 0 Å². The highest BCUT2D eigenvalue weighted by atomic mass is 32.1. The van der Waals surface area contributed by atoms with Gasteiger partial charge >= 0.3 is 0 Å². The quantitative estimate of drug-likeness (QED) is 0.923. The van der Waals surface area contributed by atoms with Crippen LogP contribution in [0.5, 0.6) is 0 Å². The lowest BCUT2D eigenvalue weighted by molar-refractivity contribution is -0.000914. The van der Waals surface area contributed by atoms with Crippen LogP contribution < -0.4 is 5.73 Å². The second-order valence-corrected chi connectivity index (χ2v) is 7.14. The maximum atomic E-state index is 12.5. The predicted octanol–water partition coefficient (Wildman–Crippen LogP) is 1.90. The molecule has 122 valence electrons. The summed E-state index contributed by atoms with van der Waals surface area (Å²) in [6.07, 6.45) is 2.16. The Morgan fingerprint density at radius 1 is 1.32 bits per heavy atom. The molecule has 0 radical (unpaired) electrons. The fourth-order valence-corrected chi connectivity index (χ4v) is 4.29. The minimum Gasteiger partial charge on any atom is -0.397 e. The van der Waals surface area contributed by atoms with Crippen molar-refractivity contribution < 1.29 is 9.53 Å². The summed E-state index contributed by atoms with van der Waals surface area (Å²) in [5.41, 5.74) is 6.48. The molecule has 3 heterocycles. The lowest BCUT2D eigenvalue weighted by atomic mass is 9.89. The molecule has 2 saturated heterocycles. The van der Waals surface area contributed by atoms with Crippen LogP contribution in [0.25, 0.3) is 0 Å². The Hall–Kier alpha value is -1.11. The van der Waals surface area contributed by atoms with Crippen LogP contribution in [0.1, 0.15) is 29.4 Å². The van der Waals surface area contributed by atoms with E-state index in [1.165, 1.54) is 11.3 Å². The topological polar surface area (TPSA) is 58.8 Å². The first-order valence-corrected chi connectivity index (χ1v) is 8.99. The molecule has 6 heteroatoms. The minimum atomic E-state index is 0.102. The summed E-state index contributed by atoms with van der Waals surface area (Å²) in [7, 11) is 0. The smallest absolute Gasteiger partial charge is 0.266 e.